The van der Waals surface area contributed by atoms with Crippen molar-refractivity contribution < 1.29 is 18.7 Å². The molecular formula is C23H25FN6O3. The van der Waals surface area contributed by atoms with Crippen molar-refractivity contribution in [2.75, 3.05) is 41.3 Å². The van der Waals surface area contributed by atoms with Gasteiger partial charge >= 0.3 is 6.09 Å². The highest BCUT2D eigenvalue weighted by atomic mass is 19.1. The van der Waals surface area contributed by atoms with Gasteiger partial charge in [-0.1, -0.05) is 0 Å². The molecule has 9 nitrogen and oxygen atoms in total. The van der Waals surface area contributed by atoms with Crippen molar-refractivity contribution in [1.29, 1.82) is 5.26 Å². The molecule has 2 N–H and O–H groups in total. The second kappa shape index (κ2) is 9.32. The Balaban J connectivity index is 1.40. The lowest BCUT2D eigenvalue weighted by Crippen LogP contribution is -2.48. The van der Waals surface area contributed by atoms with Crippen LogP contribution in [0.5, 0.6) is 0 Å². The predicted octanol–water partition coefficient (Wildman–Crippen LogP) is 2.66. The number of pyridine rings is 1. The van der Waals surface area contributed by atoms with Gasteiger partial charge in [-0.05, 0) is 30.3 Å². The molecule has 1 aromatic carbocycles. The van der Waals surface area contributed by atoms with Crippen LogP contribution in [-0.2, 0) is 9.53 Å². The van der Waals surface area contributed by atoms with Gasteiger partial charge in [-0.3, -0.25) is 14.7 Å². The maximum atomic E-state index is 15.0. The summed E-state index contributed by atoms with van der Waals surface area (Å²) in [6.07, 6.45) is 3.32. The number of carbonyl (C=O) groups is 2. The first-order valence-electron chi connectivity index (χ1n) is 10.8. The molecule has 2 aliphatic heterocycles. The van der Waals surface area contributed by atoms with Crippen molar-refractivity contribution in [3.63, 3.8) is 0 Å². The Morgan fingerprint density at radius 3 is 2.79 bits per heavy atom. The van der Waals surface area contributed by atoms with E-state index in [2.05, 4.69) is 21.7 Å². The van der Waals surface area contributed by atoms with Gasteiger partial charge in [0.1, 0.15) is 17.5 Å². The summed E-state index contributed by atoms with van der Waals surface area (Å²) < 4.78 is 20.3. The molecule has 2 aliphatic rings. The number of amides is 2. The number of anilines is 3. The summed E-state index contributed by atoms with van der Waals surface area (Å²) in [5, 5.41) is 15.7. The number of carbonyl (C=O) groups excluding carboxylic acids is 2. The molecule has 2 amide bonds. The first-order chi connectivity index (χ1) is 15.9. The minimum Gasteiger partial charge on any atom is -0.442 e. The number of aromatic nitrogens is 1. The molecule has 0 unspecified atom stereocenters. The van der Waals surface area contributed by atoms with E-state index in [9.17, 15) is 14.9 Å². The van der Waals surface area contributed by atoms with Crippen LogP contribution in [-0.4, -0.2) is 54.8 Å². The third-order valence-electron chi connectivity index (χ3n) is 5.91. The third-order valence-corrected chi connectivity index (χ3v) is 5.91. The van der Waals surface area contributed by atoms with Crippen molar-refractivity contribution in [2.24, 2.45) is 0 Å². The highest BCUT2D eigenvalue weighted by Crippen LogP contribution is 2.32. The SMILES string of the molecule is CC(=O)NC[C@H]1CN(c2ccc(N3CCC(C#N)(Nc4cccnc4)CC3)c(F)c2)C(=O)O1. The minimum absolute atomic E-state index is 0.208. The van der Waals surface area contributed by atoms with Gasteiger partial charge in [0.25, 0.3) is 0 Å². The summed E-state index contributed by atoms with van der Waals surface area (Å²) in [5.74, 6) is -0.659. The van der Waals surface area contributed by atoms with Gasteiger partial charge in [0.2, 0.25) is 5.91 Å². The first-order valence-corrected chi connectivity index (χ1v) is 10.8. The molecule has 0 saturated carbocycles. The van der Waals surface area contributed by atoms with Gasteiger partial charge in [0, 0.05) is 45.2 Å². The van der Waals surface area contributed by atoms with E-state index < -0.39 is 23.6 Å². The van der Waals surface area contributed by atoms with E-state index in [1.807, 2.05) is 11.0 Å². The zero-order valence-electron chi connectivity index (χ0n) is 18.3. The number of cyclic esters (lactones) is 1. The molecule has 172 valence electrons. The Morgan fingerprint density at radius 1 is 1.36 bits per heavy atom. The van der Waals surface area contributed by atoms with Crippen molar-refractivity contribution in [3.05, 3.63) is 48.5 Å². The van der Waals surface area contributed by atoms with Crippen molar-refractivity contribution >= 4 is 29.1 Å². The highest BCUT2D eigenvalue weighted by molar-refractivity contribution is 5.90. The van der Waals surface area contributed by atoms with Gasteiger partial charge in [-0.15, -0.1) is 0 Å². The van der Waals surface area contributed by atoms with E-state index in [4.69, 9.17) is 4.74 Å². The smallest absolute Gasteiger partial charge is 0.414 e. The zero-order valence-corrected chi connectivity index (χ0v) is 18.3. The molecule has 10 heteroatoms. The van der Waals surface area contributed by atoms with Crippen LogP contribution in [0.2, 0.25) is 0 Å². The van der Waals surface area contributed by atoms with Crippen LogP contribution < -0.4 is 20.4 Å². The van der Waals surface area contributed by atoms with Gasteiger partial charge < -0.3 is 20.3 Å². The maximum Gasteiger partial charge on any atom is 0.414 e. The van der Waals surface area contributed by atoms with Crippen LogP contribution in [0.1, 0.15) is 19.8 Å². The summed E-state index contributed by atoms with van der Waals surface area (Å²) in [6.45, 7) is 2.83. The highest BCUT2D eigenvalue weighted by Gasteiger charge is 2.36. The zero-order chi connectivity index (χ0) is 23.4. The molecule has 33 heavy (non-hydrogen) atoms. The predicted molar refractivity (Wildman–Crippen MR) is 120 cm³/mol. The Hall–Kier alpha value is -3.87. The van der Waals surface area contributed by atoms with Crippen LogP contribution in [0.4, 0.5) is 26.2 Å². The Morgan fingerprint density at radius 2 is 2.15 bits per heavy atom. The standard InChI is InChI=1S/C23H25FN6O3/c1-16(31)27-13-19-14-30(22(32)33-19)18-4-5-21(20(24)11-18)29-9-6-23(15-25,7-10-29)28-17-3-2-8-26-12-17/h2-5,8,11-12,19,28H,6-7,9-10,13-14H2,1H3,(H,27,31)/t19-/m0/s1. The van der Waals surface area contributed by atoms with E-state index in [1.54, 1.807) is 30.6 Å². The van der Waals surface area contributed by atoms with Gasteiger partial charge in [-0.25, -0.2) is 9.18 Å². The molecule has 2 aromatic rings. The average Bonchev–Trinajstić information content (AvgIpc) is 3.19. The molecule has 3 heterocycles. The number of nitrogens with zero attached hydrogens (tertiary/aromatic N) is 4. The summed E-state index contributed by atoms with van der Waals surface area (Å²) >= 11 is 0. The van der Waals surface area contributed by atoms with Crippen LogP contribution in [0.15, 0.2) is 42.7 Å². The number of rotatable bonds is 6. The fourth-order valence-electron chi connectivity index (χ4n) is 4.12. The molecule has 1 aromatic heterocycles. The van der Waals surface area contributed by atoms with E-state index in [1.165, 1.54) is 17.9 Å². The Kier molecular flexibility index (Phi) is 6.31. The lowest BCUT2D eigenvalue weighted by atomic mass is 9.88. The molecule has 0 aliphatic carbocycles. The summed E-state index contributed by atoms with van der Waals surface area (Å²) in [4.78, 5) is 30.6. The quantitative estimate of drug-likeness (QED) is 0.693. The number of ether oxygens (including phenoxy) is 1. The lowest BCUT2D eigenvalue weighted by molar-refractivity contribution is -0.119. The Labute approximate surface area is 191 Å². The number of nitrogens with one attached hydrogen (secondary N) is 2. The normalized spacial score (nSPS) is 19.5. The van der Waals surface area contributed by atoms with Gasteiger partial charge in [0.05, 0.1) is 36.2 Å². The van der Waals surface area contributed by atoms with Crippen molar-refractivity contribution in [3.8, 4) is 6.07 Å². The largest absolute Gasteiger partial charge is 0.442 e. The number of nitriles is 1. The van der Waals surface area contributed by atoms with E-state index in [-0.39, 0.29) is 19.0 Å². The van der Waals surface area contributed by atoms with E-state index in [0.29, 0.717) is 37.3 Å². The summed E-state index contributed by atoms with van der Waals surface area (Å²) in [6, 6.07) is 10.7. The van der Waals surface area contributed by atoms with Gasteiger partial charge in [0.15, 0.2) is 0 Å². The second-order valence-electron chi connectivity index (χ2n) is 8.24. The van der Waals surface area contributed by atoms with Crippen LogP contribution in [0.25, 0.3) is 0 Å². The molecule has 4 rings (SSSR count). The molecule has 2 saturated heterocycles. The lowest BCUT2D eigenvalue weighted by Gasteiger charge is -2.39. The maximum absolute atomic E-state index is 15.0. The topological polar surface area (TPSA) is 111 Å². The number of halogens is 1. The average molecular weight is 452 g/mol. The molecule has 0 radical (unpaired) electrons. The number of piperidine rings is 1. The van der Waals surface area contributed by atoms with E-state index >= 15 is 4.39 Å². The number of benzene rings is 1. The number of hydrogen-bond donors (Lipinski definition) is 2. The number of hydrogen-bond acceptors (Lipinski definition) is 7. The monoisotopic (exact) mass is 452 g/mol. The third kappa shape index (κ3) is 4.98. The second-order valence-corrected chi connectivity index (χ2v) is 8.24. The van der Waals surface area contributed by atoms with E-state index in [0.717, 1.165) is 5.69 Å². The fourth-order valence-corrected chi connectivity index (χ4v) is 4.12. The fraction of sp³-hybridized carbons (Fsp3) is 0.391. The molecule has 0 bridgehead atoms. The van der Waals surface area contributed by atoms with Crippen LogP contribution >= 0.6 is 0 Å². The molecule has 1 atom stereocenters. The minimum atomic E-state index is -0.738. The summed E-state index contributed by atoms with van der Waals surface area (Å²) in [5.41, 5.74) is 0.859. The molecular weight excluding hydrogens is 427 g/mol. The van der Waals surface area contributed by atoms with Crippen molar-refractivity contribution in [2.45, 2.75) is 31.4 Å². The van der Waals surface area contributed by atoms with Crippen molar-refractivity contribution in [1.82, 2.24) is 10.3 Å². The Bertz CT molecular complexity index is 1070. The van der Waals surface area contributed by atoms with Crippen LogP contribution in [0.3, 0.4) is 0 Å². The van der Waals surface area contributed by atoms with Gasteiger partial charge in [-0.2, -0.15) is 5.26 Å². The molecule has 2 fully saturated rings. The summed E-state index contributed by atoms with van der Waals surface area (Å²) in [7, 11) is 0. The first kappa shape index (κ1) is 22.3. The molecule has 0 spiro atoms. The van der Waals surface area contributed by atoms with Crippen LogP contribution in [0, 0.1) is 17.1 Å².